The van der Waals surface area contributed by atoms with Gasteiger partial charge in [0.15, 0.2) is 5.11 Å². The van der Waals surface area contributed by atoms with Crippen LogP contribution in [0.3, 0.4) is 0 Å². The third-order valence-electron chi connectivity index (χ3n) is 4.16. The second-order valence-corrected chi connectivity index (χ2v) is 6.39. The minimum absolute atomic E-state index is 0.259. The van der Waals surface area contributed by atoms with E-state index in [-0.39, 0.29) is 11.0 Å². The highest BCUT2D eigenvalue weighted by Crippen LogP contribution is 2.26. The summed E-state index contributed by atoms with van der Waals surface area (Å²) >= 11 is 5.33. The normalized spacial score (nSPS) is 13.7. The first-order valence-electron chi connectivity index (χ1n) is 8.94. The molecule has 0 bridgehead atoms. The number of hydrogen-bond acceptors (Lipinski definition) is 5. The standard InChI is InChI=1S/C20H23N3O3S/c1-2-26-16-9-7-15(8-10-16)19(24)22-20(27)21-17-5-3-4-6-18(17)23-11-13-25-14-12-23/h3-10H,2,11-14H2,1H3,(H2,21,22,24,27). The smallest absolute Gasteiger partial charge is 0.257 e. The van der Waals surface area contributed by atoms with Crippen molar-refractivity contribution in [2.75, 3.05) is 43.1 Å². The lowest BCUT2D eigenvalue weighted by Gasteiger charge is -2.30. The molecule has 27 heavy (non-hydrogen) atoms. The van der Waals surface area contributed by atoms with Crippen LogP contribution in [0.5, 0.6) is 5.75 Å². The number of carbonyl (C=O) groups is 1. The number of anilines is 2. The van der Waals surface area contributed by atoms with E-state index in [0.29, 0.717) is 25.4 Å². The van der Waals surface area contributed by atoms with Gasteiger partial charge < -0.3 is 19.7 Å². The summed E-state index contributed by atoms with van der Waals surface area (Å²) in [6, 6.07) is 14.9. The minimum Gasteiger partial charge on any atom is -0.494 e. The summed E-state index contributed by atoms with van der Waals surface area (Å²) in [5, 5.41) is 6.12. The summed E-state index contributed by atoms with van der Waals surface area (Å²) < 4.78 is 10.8. The monoisotopic (exact) mass is 385 g/mol. The van der Waals surface area contributed by atoms with Crippen molar-refractivity contribution in [3.63, 3.8) is 0 Å². The summed E-state index contributed by atoms with van der Waals surface area (Å²) in [6.45, 7) is 5.55. The van der Waals surface area contributed by atoms with Crippen LogP contribution in [-0.4, -0.2) is 43.9 Å². The zero-order chi connectivity index (χ0) is 19.1. The van der Waals surface area contributed by atoms with E-state index < -0.39 is 0 Å². The number of hydrogen-bond donors (Lipinski definition) is 2. The van der Waals surface area contributed by atoms with Gasteiger partial charge in [0, 0.05) is 18.7 Å². The number of nitrogens with zero attached hydrogens (tertiary/aromatic N) is 1. The van der Waals surface area contributed by atoms with Crippen molar-refractivity contribution in [2.24, 2.45) is 0 Å². The molecule has 1 saturated heterocycles. The molecule has 1 aliphatic rings. The average Bonchev–Trinajstić information content (AvgIpc) is 2.70. The molecule has 2 aromatic rings. The molecule has 2 N–H and O–H groups in total. The van der Waals surface area contributed by atoms with Gasteiger partial charge in [0.1, 0.15) is 5.75 Å². The molecular formula is C20H23N3O3S. The van der Waals surface area contributed by atoms with Crippen LogP contribution < -0.4 is 20.3 Å². The molecule has 0 aromatic heterocycles. The van der Waals surface area contributed by atoms with Crippen molar-refractivity contribution in [1.82, 2.24) is 5.32 Å². The quantitative estimate of drug-likeness (QED) is 0.772. The van der Waals surface area contributed by atoms with Crippen LogP contribution in [0.25, 0.3) is 0 Å². The van der Waals surface area contributed by atoms with Crippen LogP contribution >= 0.6 is 12.2 Å². The first-order chi connectivity index (χ1) is 13.2. The molecule has 0 aliphatic carbocycles. The van der Waals surface area contributed by atoms with E-state index in [0.717, 1.165) is 30.2 Å². The Kier molecular flexibility index (Phi) is 6.62. The van der Waals surface area contributed by atoms with Crippen LogP contribution in [0, 0.1) is 0 Å². The van der Waals surface area contributed by atoms with Gasteiger partial charge in [-0.05, 0) is 55.5 Å². The number of thiocarbonyl (C=S) groups is 1. The van der Waals surface area contributed by atoms with Crippen molar-refractivity contribution < 1.29 is 14.3 Å². The molecule has 1 amide bonds. The van der Waals surface area contributed by atoms with Gasteiger partial charge in [-0.25, -0.2) is 0 Å². The SMILES string of the molecule is CCOc1ccc(C(=O)NC(=S)Nc2ccccc2N2CCOCC2)cc1. The number of para-hydroxylation sites is 2. The van der Waals surface area contributed by atoms with E-state index in [1.165, 1.54) is 0 Å². The average molecular weight is 385 g/mol. The lowest BCUT2D eigenvalue weighted by atomic mass is 10.2. The van der Waals surface area contributed by atoms with Gasteiger partial charge in [-0.2, -0.15) is 0 Å². The second-order valence-electron chi connectivity index (χ2n) is 5.98. The summed E-state index contributed by atoms with van der Waals surface area (Å²) in [5.74, 6) is 0.466. The highest BCUT2D eigenvalue weighted by Gasteiger charge is 2.15. The predicted molar refractivity (Wildman–Crippen MR) is 111 cm³/mol. The lowest BCUT2D eigenvalue weighted by Crippen LogP contribution is -2.38. The predicted octanol–water partition coefficient (Wildman–Crippen LogP) is 3.05. The van der Waals surface area contributed by atoms with Crippen LogP contribution in [-0.2, 0) is 4.74 Å². The Morgan fingerprint density at radius 2 is 1.85 bits per heavy atom. The Bertz CT molecular complexity index is 789. The van der Waals surface area contributed by atoms with Gasteiger partial charge in [0.2, 0.25) is 0 Å². The van der Waals surface area contributed by atoms with Gasteiger partial charge in [-0.3, -0.25) is 10.1 Å². The van der Waals surface area contributed by atoms with Crippen LogP contribution in [0.15, 0.2) is 48.5 Å². The Morgan fingerprint density at radius 3 is 2.56 bits per heavy atom. The number of nitrogens with one attached hydrogen (secondary N) is 2. The number of benzene rings is 2. The molecule has 6 nitrogen and oxygen atoms in total. The van der Waals surface area contributed by atoms with Gasteiger partial charge in [-0.15, -0.1) is 0 Å². The van der Waals surface area contributed by atoms with E-state index in [2.05, 4.69) is 15.5 Å². The van der Waals surface area contributed by atoms with Crippen LogP contribution in [0.2, 0.25) is 0 Å². The number of morpholine rings is 1. The van der Waals surface area contributed by atoms with Crippen molar-refractivity contribution in [3.8, 4) is 5.75 Å². The molecule has 2 aromatic carbocycles. The molecule has 3 rings (SSSR count). The highest BCUT2D eigenvalue weighted by molar-refractivity contribution is 7.80. The topological polar surface area (TPSA) is 62.8 Å². The molecule has 1 fully saturated rings. The van der Waals surface area contributed by atoms with Crippen molar-refractivity contribution in [3.05, 3.63) is 54.1 Å². The summed E-state index contributed by atoms with van der Waals surface area (Å²) in [6.07, 6.45) is 0. The molecular weight excluding hydrogens is 362 g/mol. The van der Waals surface area contributed by atoms with Crippen molar-refractivity contribution in [2.45, 2.75) is 6.92 Å². The van der Waals surface area contributed by atoms with E-state index in [4.69, 9.17) is 21.7 Å². The Labute approximate surface area is 164 Å². The Morgan fingerprint density at radius 1 is 1.15 bits per heavy atom. The highest BCUT2D eigenvalue weighted by atomic mass is 32.1. The van der Waals surface area contributed by atoms with Gasteiger partial charge in [-0.1, -0.05) is 12.1 Å². The lowest BCUT2D eigenvalue weighted by molar-refractivity contribution is 0.0977. The Balaban J connectivity index is 1.63. The molecule has 7 heteroatoms. The molecule has 0 radical (unpaired) electrons. The second kappa shape index (κ2) is 9.34. The van der Waals surface area contributed by atoms with Crippen LogP contribution in [0.4, 0.5) is 11.4 Å². The maximum atomic E-state index is 12.4. The zero-order valence-corrected chi connectivity index (χ0v) is 16.1. The minimum atomic E-state index is -0.264. The molecule has 0 atom stereocenters. The van der Waals surface area contributed by atoms with Gasteiger partial charge in [0.05, 0.1) is 31.2 Å². The number of rotatable bonds is 5. The molecule has 1 aliphatic heterocycles. The van der Waals surface area contributed by atoms with E-state index >= 15 is 0 Å². The Hall–Kier alpha value is -2.64. The molecule has 1 heterocycles. The molecule has 0 spiro atoms. The first-order valence-corrected chi connectivity index (χ1v) is 9.35. The van der Waals surface area contributed by atoms with E-state index in [9.17, 15) is 4.79 Å². The fourth-order valence-electron chi connectivity index (χ4n) is 2.86. The molecule has 0 unspecified atom stereocenters. The fraction of sp³-hybridized carbons (Fsp3) is 0.300. The third kappa shape index (κ3) is 5.18. The maximum Gasteiger partial charge on any atom is 0.257 e. The number of amides is 1. The van der Waals surface area contributed by atoms with Gasteiger partial charge >= 0.3 is 0 Å². The largest absolute Gasteiger partial charge is 0.494 e. The molecule has 0 saturated carbocycles. The summed E-state index contributed by atoms with van der Waals surface area (Å²) in [7, 11) is 0. The first kappa shape index (κ1) is 19.1. The van der Waals surface area contributed by atoms with Crippen LogP contribution in [0.1, 0.15) is 17.3 Å². The van der Waals surface area contributed by atoms with Gasteiger partial charge in [0.25, 0.3) is 5.91 Å². The summed E-state index contributed by atoms with van der Waals surface area (Å²) in [5.41, 5.74) is 2.42. The third-order valence-corrected chi connectivity index (χ3v) is 4.36. The summed E-state index contributed by atoms with van der Waals surface area (Å²) in [4.78, 5) is 14.6. The van der Waals surface area contributed by atoms with Crippen molar-refractivity contribution in [1.29, 1.82) is 0 Å². The van der Waals surface area contributed by atoms with Crippen molar-refractivity contribution >= 4 is 34.6 Å². The zero-order valence-electron chi connectivity index (χ0n) is 15.2. The maximum absolute atomic E-state index is 12.4. The molecule has 142 valence electrons. The van der Waals surface area contributed by atoms with E-state index in [1.807, 2.05) is 31.2 Å². The number of ether oxygens (including phenoxy) is 2. The van der Waals surface area contributed by atoms with E-state index in [1.54, 1.807) is 24.3 Å². The number of carbonyl (C=O) groups excluding carboxylic acids is 1. The fourth-order valence-corrected chi connectivity index (χ4v) is 3.06.